The summed E-state index contributed by atoms with van der Waals surface area (Å²) >= 11 is 0. The van der Waals surface area contributed by atoms with Gasteiger partial charge in [-0.05, 0) is 43.0 Å². The van der Waals surface area contributed by atoms with Crippen molar-refractivity contribution in [3.05, 3.63) is 49.1 Å². The molecule has 3 aromatic rings. The van der Waals surface area contributed by atoms with Crippen molar-refractivity contribution in [2.45, 2.75) is 32.6 Å². The van der Waals surface area contributed by atoms with Crippen molar-refractivity contribution in [2.75, 3.05) is 18.0 Å². The maximum atomic E-state index is 4.70. The lowest BCUT2D eigenvalue weighted by molar-refractivity contribution is 0.378. The van der Waals surface area contributed by atoms with Crippen molar-refractivity contribution >= 4 is 16.6 Å². The van der Waals surface area contributed by atoms with Crippen LogP contribution in [0.25, 0.3) is 16.7 Å². The average molecular weight is 320 g/mol. The average Bonchev–Trinajstić information content (AvgIpc) is 3.07. The molecule has 4 heterocycles. The number of nitrogens with zero attached hydrogens (tertiary/aromatic N) is 4. The summed E-state index contributed by atoms with van der Waals surface area (Å²) in [5, 5.41) is 1.19. The van der Waals surface area contributed by atoms with Gasteiger partial charge in [-0.15, -0.1) is 0 Å². The Bertz CT molecular complexity index is 798. The van der Waals surface area contributed by atoms with Crippen molar-refractivity contribution in [2.24, 2.45) is 5.92 Å². The zero-order chi connectivity index (χ0) is 16.4. The van der Waals surface area contributed by atoms with Crippen LogP contribution in [0.1, 0.15) is 32.6 Å². The largest absolute Gasteiger partial charge is 0.370 e. The Morgan fingerprint density at radius 1 is 1.08 bits per heavy atom. The monoisotopic (exact) mass is 320 g/mol. The Hall–Kier alpha value is -2.36. The smallest absolute Gasteiger partial charge is 0.137 e. The van der Waals surface area contributed by atoms with Gasteiger partial charge in [0.15, 0.2) is 0 Å². The molecule has 3 aromatic heterocycles. The second-order valence-electron chi connectivity index (χ2n) is 6.71. The van der Waals surface area contributed by atoms with E-state index in [0.29, 0.717) is 0 Å². The standard InChI is InChI=1S/C20H24N4/c1-2-3-16-7-11-23(12-8-16)18-4-5-20(22-14-18)24-13-9-17-6-10-21-15-19(17)24/h4-6,9-10,13-16H,2-3,7-8,11-12H2,1H3. The third-order valence-corrected chi connectivity index (χ3v) is 5.15. The highest BCUT2D eigenvalue weighted by Crippen LogP contribution is 2.26. The molecule has 4 nitrogen and oxygen atoms in total. The van der Waals surface area contributed by atoms with E-state index in [1.165, 1.54) is 36.8 Å². The fraction of sp³-hybridized carbons (Fsp3) is 0.400. The van der Waals surface area contributed by atoms with Gasteiger partial charge in [0.25, 0.3) is 0 Å². The highest BCUT2D eigenvalue weighted by atomic mass is 15.1. The topological polar surface area (TPSA) is 34.0 Å². The van der Waals surface area contributed by atoms with Crippen LogP contribution in [0.5, 0.6) is 0 Å². The van der Waals surface area contributed by atoms with Crippen molar-refractivity contribution in [1.29, 1.82) is 0 Å². The summed E-state index contributed by atoms with van der Waals surface area (Å²) in [6, 6.07) is 8.44. The molecule has 0 atom stereocenters. The highest BCUT2D eigenvalue weighted by molar-refractivity contribution is 5.80. The number of fused-ring (bicyclic) bond motifs is 1. The summed E-state index contributed by atoms with van der Waals surface area (Å²) in [5.41, 5.74) is 2.33. The van der Waals surface area contributed by atoms with Gasteiger partial charge in [-0.2, -0.15) is 0 Å². The second-order valence-corrected chi connectivity index (χ2v) is 6.71. The Balaban J connectivity index is 1.51. The zero-order valence-electron chi connectivity index (χ0n) is 14.2. The number of hydrogen-bond acceptors (Lipinski definition) is 3. The lowest BCUT2D eigenvalue weighted by atomic mass is 9.92. The quantitative estimate of drug-likeness (QED) is 0.713. The molecule has 0 bridgehead atoms. The normalized spacial score (nSPS) is 16.0. The van der Waals surface area contributed by atoms with Gasteiger partial charge in [0.05, 0.1) is 23.6 Å². The van der Waals surface area contributed by atoms with Gasteiger partial charge >= 0.3 is 0 Å². The van der Waals surface area contributed by atoms with E-state index in [-0.39, 0.29) is 0 Å². The minimum absolute atomic E-state index is 0.914. The van der Waals surface area contributed by atoms with Gasteiger partial charge in [-0.25, -0.2) is 4.98 Å². The third-order valence-electron chi connectivity index (χ3n) is 5.15. The second kappa shape index (κ2) is 6.63. The van der Waals surface area contributed by atoms with Gasteiger partial charge < -0.3 is 4.90 Å². The van der Waals surface area contributed by atoms with Crippen LogP contribution in [-0.2, 0) is 0 Å². The summed E-state index contributed by atoms with van der Waals surface area (Å²) in [7, 11) is 0. The molecule has 0 spiro atoms. The van der Waals surface area contributed by atoms with E-state index in [2.05, 4.69) is 45.8 Å². The first-order valence-electron chi connectivity index (χ1n) is 8.97. The number of piperidine rings is 1. The molecule has 4 heteroatoms. The first kappa shape index (κ1) is 15.2. The van der Waals surface area contributed by atoms with Gasteiger partial charge in [-0.3, -0.25) is 9.55 Å². The maximum Gasteiger partial charge on any atom is 0.137 e. The Labute approximate surface area is 143 Å². The fourth-order valence-electron chi connectivity index (χ4n) is 3.77. The first-order chi connectivity index (χ1) is 11.8. The molecule has 1 fully saturated rings. The molecule has 0 radical (unpaired) electrons. The number of aromatic nitrogens is 3. The Morgan fingerprint density at radius 3 is 2.71 bits per heavy atom. The first-order valence-corrected chi connectivity index (χ1v) is 8.97. The van der Waals surface area contributed by atoms with E-state index in [1.54, 1.807) is 0 Å². The fourth-order valence-corrected chi connectivity index (χ4v) is 3.77. The molecule has 0 unspecified atom stereocenters. The van der Waals surface area contributed by atoms with E-state index >= 15 is 0 Å². The van der Waals surface area contributed by atoms with Crippen LogP contribution in [0.4, 0.5) is 5.69 Å². The van der Waals surface area contributed by atoms with E-state index < -0.39 is 0 Å². The Kier molecular flexibility index (Phi) is 4.20. The lowest BCUT2D eigenvalue weighted by Gasteiger charge is -2.33. The molecule has 124 valence electrons. The van der Waals surface area contributed by atoms with Crippen LogP contribution in [0.15, 0.2) is 49.1 Å². The summed E-state index contributed by atoms with van der Waals surface area (Å²) in [6.45, 7) is 4.60. The minimum Gasteiger partial charge on any atom is -0.370 e. The van der Waals surface area contributed by atoms with Crippen LogP contribution in [0.3, 0.4) is 0 Å². The van der Waals surface area contributed by atoms with Crippen molar-refractivity contribution in [1.82, 2.24) is 14.5 Å². The molecule has 1 saturated heterocycles. The van der Waals surface area contributed by atoms with Gasteiger partial charge in [0, 0.05) is 30.9 Å². The van der Waals surface area contributed by atoms with Crippen LogP contribution in [0.2, 0.25) is 0 Å². The predicted molar refractivity (Wildman–Crippen MR) is 98.7 cm³/mol. The summed E-state index contributed by atoms with van der Waals surface area (Å²) in [4.78, 5) is 11.4. The van der Waals surface area contributed by atoms with E-state index in [1.807, 2.05) is 24.7 Å². The maximum absolute atomic E-state index is 4.70. The number of hydrogen-bond donors (Lipinski definition) is 0. The SMILES string of the molecule is CCCC1CCN(c2ccc(-n3ccc4ccncc43)nc2)CC1. The number of rotatable bonds is 4. The molecular formula is C20H24N4. The number of pyridine rings is 2. The van der Waals surface area contributed by atoms with Crippen molar-refractivity contribution < 1.29 is 0 Å². The van der Waals surface area contributed by atoms with Crippen molar-refractivity contribution in [3.63, 3.8) is 0 Å². The predicted octanol–water partition coefficient (Wildman–Crippen LogP) is 4.44. The van der Waals surface area contributed by atoms with Crippen LogP contribution in [-0.4, -0.2) is 27.6 Å². The van der Waals surface area contributed by atoms with E-state index in [9.17, 15) is 0 Å². The van der Waals surface area contributed by atoms with E-state index in [0.717, 1.165) is 30.3 Å². The van der Waals surface area contributed by atoms with Crippen LogP contribution < -0.4 is 4.90 Å². The molecule has 1 aliphatic heterocycles. The molecule has 0 amide bonds. The number of anilines is 1. The van der Waals surface area contributed by atoms with Crippen LogP contribution >= 0.6 is 0 Å². The lowest BCUT2D eigenvalue weighted by Crippen LogP contribution is -2.33. The Morgan fingerprint density at radius 2 is 1.96 bits per heavy atom. The minimum atomic E-state index is 0.914. The summed E-state index contributed by atoms with van der Waals surface area (Å²) in [5.74, 6) is 1.86. The highest BCUT2D eigenvalue weighted by Gasteiger charge is 2.19. The molecule has 0 saturated carbocycles. The molecule has 0 aromatic carbocycles. The molecular weight excluding hydrogens is 296 g/mol. The third kappa shape index (κ3) is 2.88. The van der Waals surface area contributed by atoms with Crippen LogP contribution in [0, 0.1) is 5.92 Å². The van der Waals surface area contributed by atoms with Crippen molar-refractivity contribution in [3.8, 4) is 5.82 Å². The summed E-state index contributed by atoms with van der Waals surface area (Å²) in [6.07, 6.45) is 13.1. The van der Waals surface area contributed by atoms with E-state index in [4.69, 9.17) is 4.98 Å². The molecule has 0 N–H and O–H groups in total. The molecule has 0 aliphatic carbocycles. The van der Waals surface area contributed by atoms with Gasteiger partial charge in [-0.1, -0.05) is 19.8 Å². The molecule has 24 heavy (non-hydrogen) atoms. The molecule has 4 rings (SSSR count). The zero-order valence-corrected chi connectivity index (χ0v) is 14.2. The molecule has 1 aliphatic rings. The van der Waals surface area contributed by atoms with Gasteiger partial charge in [0.2, 0.25) is 0 Å². The van der Waals surface area contributed by atoms with Gasteiger partial charge in [0.1, 0.15) is 5.82 Å². The summed E-state index contributed by atoms with van der Waals surface area (Å²) < 4.78 is 2.10.